The summed E-state index contributed by atoms with van der Waals surface area (Å²) in [4.78, 5) is 11.4. The molecule has 0 saturated carbocycles. The van der Waals surface area contributed by atoms with Crippen molar-refractivity contribution in [3.8, 4) is 0 Å². The van der Waals surface area contributed by atoms with Gasteiger partial charge >= 0.3 is 6.03 Å². The Balaban J connectivity index is 2.40. The molecule has 0 fully saturated rings. The lowest BCUT2D eigenvalue weighted by molar-refractivity contribution is 0.252. The molecule has 0 heterocycles. The number of halogens is 2. The minimum absolute atomic E-state index is 0.189. The van der Waals surface area contributed by atoms with Crippen LogP contribution in [0.3, 0.4) is 0 Å². The Labute approximate surface area is 105 Å². The smallest absolute Gasteiger partial charge is 0.319 e. The highest BCUT2D eigenvalue weighted by Gasteiger charge is 2.05. The summed E-state index contributed by atoms with van der Waals surface area (Å²) in [6.07, 6.45) is 3.13. The lowest BCUT2D eigenvalue weighted by Crippen LogP contribution is -2.29. The van der Waals surface area contributed by atoms with Crippen LogP contribution in [0.4, 0.5) is 14.9 Å². The topological polar surface area (TPSA) is 41.1 Å². The molecule has 0 radical (unpaired) electrons. The van der Waals surface area contributed by atoms with Crippen molar-refractivity contribution in [1.82, 2.24) is 5.32 Å². The first-order valence-electron chi connectivity index (χ1n) is 5.63. The molecule has 0 bridgehead atoms. The summed E-state index contributed by atoms with van der Waals surface area (Å²) in [5.74, 6) is -0.427. The highest BCUT2D eigenvalue weighted by Crippen LogP contribution is 2.22. The van der Waals surface area contributed by atoms with Gasteiger partial charge in [0, 0.05) is 6.54 Å². The van der Waals surface area contributed by atoms with Gasteiger partial charge in [0.05, 0.1) is 10.7 Å². The van der Waals surface area contributed by atoms with Crippen LogP contribution in [0, 0.1) is 5.82 Å². The van der Waals surface area contributed by atoms with E-state index < -0.39 is 5.82 Å². The molecule has 3 nitrogen and oxygen atoms in total. The van der Waals surface area contributed by atoms with E-state index in [1.54, 1.807) is 0 Å². The molecule has 2 amide bonds. The summed E-state index contributed by atoms with van der Waals surface area (Å²) in [5.41, 5.74) is 0.404. The second-order valence-electron chi connectivity index (χ2n) is 3.71. The van der Waals surface area contributed by atoms with Gasteiger partial charge < -0.3 is 10.6 Å². The van der Waals surface area contributed by atoms with Crippen molar-refractivity contribution in [3.63, 3.8) is 0 Å². The van der Waals surface area contributed by atoms with E-state index in [-0.39, 0.29) is 11.1 Å². The number of nitrogens with one attached hydrogen (secondary N) is 2. The van der Waals surface area contributed by atoms with Crippen LogP contribution in [0.5, 0.6) is 0 Å². The third kappa shape index (κ3) is 5.04. The Hall–Kier alpha value is -1.29. The fourth-order valence-corrected chi connectivity index (χ4v) is 1.55. The van der Waals surface area contributed by atoms with E-state index in [0.717, 1.165) is 25.3 Å². The zero-order chi connectivity index (χ0) is 12.7. The SMILES string of the molecule is CCCCCNC(=O)Nc1ccc(F)cc1Cl. The van der Waals surface area contributed by atoms with Crippen LogP contribution < -0.4 is 10.6 Å². The van der Waals surface area contributed by atoms with Crippen molar-refractivity contribution in [2.75, 3.05) is 11.9 Å². The van der Waals surface area contributed by atoms with Gasteiger partial charge in [-0.1, -0.05) is 31.4 Å². The molecule has 0 aromatic heterocycles. The fourth-order valence-electron chi connectivity index (χ4n) is 1.33. The zero-order valence-electron chi connectivity index (χ0n) is 9.72. The molecule has 1 rings (SSSR count). The van der Waals surface area contributed by atoms with Crippen molar-refractivity contribution in [2.24, 2.45) is 0 Å². The number of amides is 2. The Morgan fingerprint density at radius 3 is 2.82 bits per heavy atom. The van der Waals surface area contributed by atoms with Crippen molar-refractivity contribution in [2.45, 2.75) is 26.2 Å². The molecule has 0 aliphatic rings. The van der Waals surface area contributed by atoms with E-state index >= 15 is 0 Å². The molecular weight excluding hydrogens is 243 g/mol. The van der Waals surface area contributed by atoms with E-state index in [1.165, 1.54) is 12.1 Å². The number of urea groups is 1. The van der Waals surface area contributed by atoms with Gasteiger partial charge in [0.25, 0.3) is 0 Å². The van der Waals surface area contributed by atoms with Crippen LogP contribution in [0.2, 0.25) is 5.02 Å². The van der Waals surface area contributed by atoms with E-state index in [4.69, 9.17) is 11.6 Å². The van der Waals surface area contributed by atoms with E-state index in [9.17, 15) is 9.18 Å². The first-order valence-corrected chi connectivity index (χ1v) is 6.01. The van der Waals surface area contributed by atoms with E-state index in [2.05, 4.69) is 17.6 Å². The van der Waals surface area contributed by atoms with E-state index in [0.29, 0.717) is 12.2 Å². The first-order chi connectivity index (χ1) is 8.13. The van der Waals surface area contributed by atoms with Crippen LogP contribution in [-0.2, 0) is 0 Å². The number of unbranched alkanes of at least 4 members (excludes halogenated alkanes) is 2. The van der Waals surface area contributed by atoms with Crippen molar-refractivity contribution >= 4 is 23.3 Å². The maximum atomic E-state index is 12.8. The molecule has 2 N–H and O–H groups in total. The molecule has 94 valence electrons. The second kappa shape index (κ2) is 7.12. The van der Waals surface area contributed by atoms with Gasteiger partial charge in [0.2, 0.25) is 0 Å². The average molecular weight is 259 g/mol. The zero-order valence-corrected chi connectivity index (χ0v) is 10.5. The summed E-state index contributed by atoms with van der Waals surface area (Å²) in [6.45, 7) is 2.72. The number of carbonyl (C=O) groups is 1. The predicted octanol–water partition coefficient (Wildman–Crippen LogP) is 3.79. The maximum Gasteiger partial charge on any atom is 0.319 e. The molecule has 0 aliphatic heterocycles. The van der Waals surface area contributed by atoms with Crippen molar-refractivity contribution in [3.05, 3.63) is 29.0 Å². The predicted molar refractivity (Wildman–Crippen MR) is 68.0 cm³/mol. The highest BCUT2D eigenvalue weighted by molar-refractivity contribution is 6.33. The summed E-state index contributed by atoms with van der Waals surface area (Å²) in [5, 5.41) is 5.46. The number of hydrogen-bond acceptors (Lipinski definition) is 1. The van der Waals surface area contributed by atoms with Gasteiger partial charge in [-0.25, -0.2) is 9.18 Å². The van der Waals surface area contributed by atoms with Gasteiger partial charge in [-0.2, -0.15) is 0 Å². The van der Waals surface area contributed by atoms with Crippen LogP contribution in [0.15, 0.2) is 18.2 Å². The molecule has 5 heteroatoms. The second-order valence-corrected chi connectivity index (χ2v) is 4.12. The van der Waals surface area contributed by atoms with Crippen LogP contribution >= 0.6 is 11.6 Å². The molecule has 1 aromatic carbocycles. The number of rotatable bonds is 5. The number of hydrogen-bond donors (Lipinski definition) is 2. The minimum atomic E-state index is -0.427. The van der Waals surface area contributed by atoms with Gasteiger partial charge in [-0.05, 0) is 24.6 Å². The Morgan fingerprint density at radius 2 is 2.18 bits per heavy atom. The monoisotopic (exact) mass is 258 g/mol. The molecule has 1 aromatic rings. The maximum absolute atomic E-state index is 12.8. The third-order valence-corrected chi connectivity index (χ3v) is 2.56. The molecule has 17 heavy (non-hydrogen) atoms. The van der Waals surface area contributed by atoms with E-state index in [1.807, 2.05) is 0 Å². The van der Waals surface area contributed by atoms with Gasteiger partial charge in [0.15, 0.2) is 0 Å². The average Bonchev–Trinajstić information content (AvgIpc) is 2.28. The number of benzene rings is 1. The molecule has 0 unspecified atom stereocenters. The number of carbonyl (C=O) groups excluding carboxylic acids is 1. The quantitative estimate of drug-likeness (QED) is 0.775. The van der Waals surface area contributed by atoms with Crippen LogP contribution in [-0.4, -0.2) is 12.6 Å². The van der Waals surface area contributed by atoms with Gasteiger partial charge in [-0.3, -0.25) is 0 Å². The highest BCUT2D eigenvalue weighted by atomic mass is 35.5. The molecule has 0 atom stereocenters. The van der Waals surface area contributed by atoms with Crippen molar-refractivity contribution in [1.29, 1.82) is 0 Å². The Bertz CT molecular complexity index is 385. The summed E-state index contributed by atoms with van der Waals surface area (Å²) in [6, 6.07) is 3.52. The number of anilines is 1. The normalized spacial score (nSPS) is 10.1. The molecule has 0 spiro atoms. The summed E-state index contributed by atoms with van der Waals surface area (Å²) >= 11 is 5.77. The third-order valence-electron chi connectivity index (χ3n) is 2.25. The first kappa shape index (κ1) is 13.8. The standard InChI is InChI=1S/C12H16ClFN2O/c1-2-3-4-7-15-12(17)16-11-6-5-9(14)8-10(11)13/h5-6,8H,2-4,7H2,1H3,(H2,15,16,17). The minimum Gasteiger partial charge on any atom is -0.338 e. The molecule has 0 aliphatic carbocycles. The van der Waals surface area contributed by atoms with Crippen LogP contribution in [0.1, 0.15) is 26.2 Å². The fraction of sp³-hybridized carbons (Fsp3) is 0.417. The largest absolute Gasteiger partial charge is 0.338 e. The Morgan fingerprint density at radius 1 is 1.41 bits per heavy atom. The van der Waals surface area contributed by atoms with Gasteiger partial charge in [-0.15, -0.1) is 0 Å². The molecule has 0 saturated heterocycles. The van der Waals surface area contributed by atoms with Gasteiger partial charge in [0.1, 0.15) is 5.82 Å². The summed E-state index contributed by atoms with van der Waals surface area (Å²) in [7, 11) is 0. The lowest BCUT2D eigenvalue weighted by Gasteiger charge is -2.08. The summed E-state index contributed by atoms with van der Waals surface area (Å²) < 4.78 is 12.8. The Kier molecular flexibility index (Phi) is 5.77. The van der Waals surface area contributed by atoms with Crippen LogP contribution in [0.25, 0.3) is 0 Å². The molecular formula is C12H16ClFN2O. The lowest BCUT2D eigenvalue weighted by atomic mass is 10.2. The van der Waals surface area contributed by atoms with Crippen molar-refractivity contribution < 1.29 is 9.18 Å².